The first-order valence-corrected chi connectivity index (χ1v) is 5.69. The third-order valence-electron chi connectivity index (χ3n) is 2.28. The molecule has 0 bridgehead atoms. The fourth-order valence-corrected chi connectivity index (χ4v) is 2.28. The fourth-order valence-electron chi connectivity index (χ4n) is 1.37. The van der Waals surface area contributed by atoms with E-state index in [4.69, 9.17) is 0 Å². The Morgan fingerprint density at radius 2 is 2.36 bits per heavy atom. The molecule has 0 amide bonds. The average Bonchev–Trinajstić information content (AvgIpc) is 2.86. The SMILES string of the molecule is CC(=O)c1sc(CNC2CC2)nc1C. The topological polar surface area (TPSA) is 42.0 Å². The Kier molecular flexibility index (Phi) is 2.65. The lowest BCUT2D eigenvalue weighted by Gasteiger charge is -1.96. The highest BCUT2D eigenvalue weighted by molar-refractivity contribution is 7.13. The van der Waals surface area contributed by atoms with E-state index >= 15 is 0 Å². The van der Waals surface area contributed by atoms with Crippen molar-refractivity contribution in [3.8, 4) is 0 Å². The molecule has 0 aromatic carbocycles. The number of nitrogens with one attached hydrogen (secondary N) is 1. The Bertz CT molecular complexity index is 355. The fraction of sp³-hybridized carbons (Fsp3) is 0.600. The van der Waals surface area contributed by atoms with Crippen LogP contribution in [0.4, 0.5) is 0 Å². The van der Waals surface area contributed by atoms with Gasteiger partial charge in [-0.3, -0.25) is 4.79 Å². The van der Waals surface area contributed by atoms with Crippen LogP contribution in [0.25, 0.3) is 0 Å². The summed E-state index contributed by atoms with van der Waals surface area (Å²) in [5.41, 5.74) is 0.870. The van der Waals surface area contributed by atoms with E-state index in [0.717, 1.165) is 22.1 Å². The highest BCUT2D eigenvalue weighted by atomic mass is 32.1. The van der Waals surface area contributed by atoms with Crippen LogP contribution in [0.2, 0.25) is 0 Å². The molecule has 0 unspecified atom stereocenters. The van der Waals surface area contributed by atoms with Gasteiger partial charge in [0.25, 0.3) is 0 Å². The summed E-state index contributed by atoms with van der Waals surface area (Å²) < 4.78 is 0. The molecule has 0 spiro atoms. The Morgan fingerprint density at radius 3 is 2.86 bits per heavy atom. The minimum Gasteiger partial charge on any atom is -0.308 e. The number of nitrogens with zero attached hydrogens (tertiary/aromatic N) is 1. The summed E-state index contributed by atoms with van der Waals surface area (Å²) >= 11 is 1.51. The minimum absolute atomic E-state index is 0.123. The van der Waals surface area contributed by atoms with E-state index in [1.807, 2.05) is 6.92 Å². The van der Waals surface area contributed by atoms with Crippen molar-refractivity contribution in [1.29, 1.82) is 0 Å². The molecule has 2 rings (SSSR count). The number of carbonyl (C=O) groups is 1. The summed E-state index contributed by atoms with van der Waals surface area (Å²) in [5.74, 6) is 0.123. The Labute approximate surface area is 87.6 Å². The molecule has 1 aromatic rings. The van der Waals surface area contributed by atoms with Crippen molar-refractivity contribution in [2.45, 2.75) is 39.3 Å². The lowest BCUT2D eigenvalue weighted by Crippen LogP contribution is -2.14. The number of hydrogen-bond donors (Lipinski definition) is 1. The number of thiazole rings is 1. The van der Waals surface area contributed by atoms with E-state index in [-0.39, 0.29) is 5.78 Å². The van der Waals surface area contributed by atoms with Gasteiger partial charge in [-0.25, -0.2) is 4.98 Å². The monoisotopic (exact) mass is 210 g/mol. The standard InChI is InChI=1S/C10H14N2OS/c1-6-10(7(2)13)14-9(12-6)5-11-8-3-4-8/h8,11H,3-5H2,1-2H3. The van der Waals surface area contributed by atoms with E-state index < -0.39 is 0 Å². The number of hydrogen-bond acceptors (Lipinski definition) is 4. The lowest BCUT2D eigenvalue weighted by molar-refractivity contribution is 0.102. The van der Waals surface area contributed by atoms with Crippen molar-refractivity contribution >= 4 is 17.1 Å². The van der Waals surface area contributed by atoms with E-state index in [0.29, 0.717) is 6.04 Å². The maximum atomic E-state index is 11.2. The highest BCUT2D eigenvalue weighted by Gasteiger charge is 2.21. The molecule has 1 aliphatic rings. The van der Waals surface area contributed by atoms with Gasteiger partial charge < -0.3 is 5.32 Å². The molecule has 0 saturated heterocycles. The summed E-state index contributed by atoms with van der Waals surface area (Å²) in [6, 6.07) is 0.694. The largest absolute Gasteiger partial charge is 0.308 e. The number of carbonyl (C=O) groups excluding carboxylic acids is 1. The summed E-state index contributed by atoms with van der Waals surface area (Å²) in [7, 11) is 0. The van der Waals surface area contributed by atoms with Gasteiger partial charge in [0, 0.05) is 19.5 Å². The number of aryl methyl sites for hydroxylation is 1. The van der Waals surface area contributed by atoms with Crippen LogP contribution in [0.1, 0.15) is 40.1 Å². The van der Waals surface area contributed by atoms with E-state index in [1.54, 1.807) is 6.92 Å². The van der Waals surface area contributed by atoms with Gasteiger partial charge in [0.15, 0.2) is 5.78 Å². The van der Waals surface area contributed by atoms with Crippen LogP contribution >= 0.6 is 11.3 Å². The second kappa shape index (κ2) is 3.79. The number of rotatable bonds is 4. The zero-order valence-electron chi connectivity index (χ0n) is 8.46. The number of ketones is 1. The van der Waals surface area contributed by atoms with Gasteiger partial charge in [0.05, 0.1) is 10.6 Å². The molecule has 3 nitrogen and oxygen atoms in total. The van der Waals surface area contributed by atoms with E-state index in [9.17, 15) is 4.79 Å². The molecule has 0 radical (unpaired) electrons. The van der Waals surface area contributed by atoms with Crippen molar-refractivity contribution in [3.05, 3.63) is 15.6 Å². The second-order valence-electron chi connectivity index (χ2n) is 3.73. The van der Waals surface area contributed by atoms with Crippen LogP contribution in [0.15, 0.2) is 0 Å². The van der Waals surface area contributed by atoms with Gasteiger partial charge >= 0.3 is 0 Å². The molecule has 1 N–H and O–H groups in total. The second-order valence-corrected chi connectivity index (χ2v) is 4.82. The molecule has 76 valence electrons. The highest BCUT2D eigenvalue weighted by Crippen LogP contribution is 2.22. The van der Waals surface area contributed by atoms with Crippen molar-refractivity contribution in [2.75, 3.05) is 0 Å². The summed E-state index contributed by atoms with van der Waals surface area (Å²) in [6.07, 6.45) is 2.56. The molecule has 1 aliphatic carbocycles. The summed E-state index contributed by atoms with van der Waals surface area (Å²) in [6.45, 7) is 4.30. The minimum atomic E-state index is 0.123. The maximum absolute atomic E-state index is 11.2. The zero-order chi connectivity index (χ0) is 10.1. The molecular formula is C10H14N2OS. The first-order chi connectivity index (χ1) is 6.66. The van der Waals surface area contributed by atoms with Crippen LogP contribution in [0.3, 0.4) is 0 Å². The van der Waals surface area contributed by atoms with Gasteiger partial charge in [0.1, 0.15) is 5.01 Å². The van der Waals surface area contributed by atoms with Crippen molar-refractivity contribution in [1.82, 2.24) is 10.3 Å². The predicted molar refractivity (Wildman–Crippen MR) is 56.7 cm³/mol. The quantitative estimate of drug-likeness (QED) is 0.772. The van der Waals surface area contributed by atoms with Crippen LogP contribution < -0.4 is 5.32 Å². The van der Waals surface area contributed by atoms with E-state index in [1.165, 1.54) is 24.2 Å². The van der Waals surface area contributed by atoms with Gasteiger partial charge in [-0.1, -0.05) is 0 Å². The molecule has 1 saturated carbocycles. The lowest BCUT2D eigenvalue weighted by atomic mass is 10.3. The molecule has 1 aromatic heterocycles. The average molecular weight is 210 g/mol. The molecule has 1 fully saturated rings. The maximum Gasteiger partial charge on any atom is 0.171 e. The first-order valence-electron chi connectivity index (χ1n) is 4.87. The van der Waals surface area contributed by atoms with E-state index in [2.05, 4.69) is 10.3 Å². The molecule has 14 heavy (non-hydrogen) atoms. The third kappa shape index (κ3) is 2.19. The molecular weight excluding hydrogens is 196 g/mol. The molecule has 1 heterocycles. The zero-order valence-corrected chi connectivity index (χ0v) is 9.28. The molecule has 0 aliphatic heterocycles. The Hall–Kier alpha value is -0.740. The van der Waals surface area contributed by atoms with Crippen molar-refractivity contribution in [2.24, 2.45) is 0 Å². The Morgan fingerprint density at radius 1 is 1.64 bits per heavy atom. The third-order valence-corrected chi connectivity index (χ3v) is 3.54. The summed E-state index contributed by atoms with van der Waals surface area (Å²) in [5, 5.41) is 4.42. The van der Waals surface area contributed by atoms with Crippen LogP contribution in [0.5, 0.6) is 0 Å². The smallest absolute Gasteiger partial charge is 0.171 e. The van der Waals surface area contributed by atoms with Gasteiger partial charge in [-0.2, -0.15) is 0 Å². The normalized spacial score (nSPS) is 15.9. The Balaban J connectivity index is 2.02. The first kappa shape index (κ1) is 9.80. The van der Waals surface area contributed by atoms with Gasteiger partial charge in [-0.15, -0.1) is 11.3 Å². The predicted octanol–water partition coefficient (Wildman–Crippen LogP) is 1.91. The van der Waals surface area contributed by atoms with Crippen molar-refractivity contribution < 1.29 is 4.79 Å². The van der Waals surface area contributed by atoms with Crippen LogP contribution in [-0.2, 0) is 6.54 Å². The summed E-state index contributed by atoms with van der Waals surface area (Å²) in [4.78, 5) is 16.4. The van der Waals surface area contributed by atoms with Gasteiger partial charge in [0.2, 0.25) is 0 Å². The van der Waals surface area contributed by atoms with Crippen molar-refractivity contribution in [3.63, 3.8) is 0 Å². The van der Waals surface area contributed by atoms with Crippen LogP contribution in [-0.4, -0.2) is 16.8 Å². The van der Waals surface area contributed by atoms with Crippen LogP contribution in [0, 0.1) is 6.92 Å². The van der Waals surface area contributed by atoms with Gasteiger partial charge in [-0.05, 0) is 19.8 Å². The molecule has 0 atom stereocenters. The number of aromatic nitrogens is 1. The number of Topliss-reactive ketones (excluding diaryl/α,β-unsaturated/α-hetero) is 1. The molecule has 4 heteroatoms.